The molecule has 0 bridgehead atoms. The molecule has 1 aromatic rings. The topological polar surface area (TPSA) is 64.8 Å². The third kappa shape index (κ3) is 2.98. The normalized spacial score (nSPS) is 23.2. The standard InChI is InChI=1S/C14H20N2O3/c1-9-7-16(8-10(2)19-9)13-5-4-11(15)6-12(13)14(17)18-3/h4-6,9-10H,7-8,15H2,1-3H3. The van der Waals surface area contributed by atoms with E-state index in [1.54, 1.807) is 12.1 Å². The molecule has 0 saturated carbocycles. The second-order valence-electron chi connectivity index (χ2n) is 4.93. The number of esters is 1. The fourth-order valence-electron chi connectivity index (χ4n) is 2.48. The number of carbonyl (C=O) groups excluding carboxylic acids is 1. The zero-order valence-corrected chi connectivity index (χ0v) is 11.6. The van der Waals surface area contributed by atoms with Crippen LogP contribution in [0, 0.1) is 0 Å². The molecule has 2 N–H and O–H groups in total. The summed E-state index contributed by atoms with van der Waals surface area (Å²) in [5, 5.41) is 0. The second kappa shape index (κ2) is 5.48. The third-order valence-electron chi connectivity index (χ3n) is 3.19. The van der Waals surface area contributed by atoms with E-state index in [0.29, 0.717) is 11.3 Å². The van der Waals surface area contributed by atoms with Crippen LogP contribution in [-0.4, -0.2) is 38.4 Å². The van der Waals surface area contributed by atoms with Crippen molar-refractivity contribution in [2.45, 2.75) is 26.1 Å². The van der Waals surface area contributed by atoms with Crippen molar-refractivity contribution in [3.63, 3.8) is 0 Å². The van der Waals surface area contributed by atoms with E-state index >= 15 is 0 Å². The number of morpholine rings is 1. The largest absolute Gasteiger partial charge is 0.465 e. The zero-order chi connectivity index (χ0) is 14.0. The molecule has 19 heavy (non-hydrogen) atoms. The molecule has 0 aliphatic carbocycles. The molecule has 5 heteroatoms. The number of carbonyl (C=O) groups is 1. The molecule has 1 saturated heterocycles. The minimum Gasteiger partial charge on any atom is -0.465 e. The van der Waals surface area contributed by atoms with Gasteiger partial charge < -0.3 is 20.1 Å². The van der Waals surface area contributed by atoms with E-state index in [0.717, 1.165) is 18.8 Å². The van der Waals surface area contributed by atoms with Crippen LogP contribution in [0.3, 0.4) is 0 Å². The molecule has 104 valence electrons. The summed E-state index contributed by atoms with van der Waals surface area (Å²) in [6, 6.07) is 5.32. The van der Waals surface area contributed by atoms with Gasteiger partial charge in [-0.1, -0.05) is 0 Å². The Morgan fingerprint density at radius 2 is 2.00 bits per heavy atom. The third-order valence-corrected chi connectivity index (χ3v) is 3.19. The van der Waals surface area contributed by atoms with Crippen LogP contribution in [0.25, 0.3) is 0 Å². The summed E-state index contributed by atoms with van der Waals surface area (Å²) in [7, 11) is 1.37. The van der Waals surface area contributed by atoms with E-state index in [-0.39, 0.29) is 18.2 Å². The highest BCUT2D eigenvalue weighted by atomic mass is 16.5. The molecular weight excluding hydrogens is 244 g/mol. The smallest absolute Gasteiger partial charge is 0.340 e. The summed E-state index contributed by atoms with van der Waals surface area (Å²) in [5.74, 6) is -0.367. The summed E-state index contributed by atoms with van der Waals surface area (Å²) < 4.78 is 10.5. The van der Waals surface area contributed by atoms with Crippen LogP contribution in [0.4, 0.5) is 11.4 Å². The lowest BCUT2D eigenvalue weighted by atomic mass is 10.1. The molecular formula is C14H20N2O3. The highest BCUT2D eigenvalue weighted by Crippen LogP contribution is 2.27. The predicted octanol–water partition coefficient (Wildman–Crippen LogP) is 1.67. The lowest BCUT2D eigenvalue weighted by molar-refractivity contribution is -0.00533. The van der Waals surface area contributed by atoms with Crippen molar-refractivity contribution < 1.29 is 14.3 Å². The van der Waals surface area contributed by atoms with Crippen molar-refractivity contribution in [3.8, 4) is 0 Å². The Bertz CT molecular complexity index is 466. The molecule has 1 aromatic carbocycles. The Balaban J connectivity index is 2.35. The number of anilines is 2. The minimum atomic E-state index is -0.367. The molecule has 2 rings (SSSR count). The molecule has 0 spiro atoms. The Hall–Kier alpha value is -1.75. The number of hydrogen-bond donors (Lipinski definition) is 1. The molecule has 0 aromatic heterocycles. The molecule has 0 amide bonds. The van der Waals surface area contributed by atoms with Gasteiger partial charge in [-0.05, 0) is 32.0 Å². The van der Waals surface area contributed by atoms with E-state index in [1.807, 2.05) is 19.9 Å². The number of ether oxygens (including phenoxy) is 2. The zero-order valence-electron chi connectivity index (χ0n) is 11.6. The van der Waals surface area contributed by atoms with Gasteiger partial charge in [-0.3, -0.25) is 0 Å². The lowest BCUT2D eigenvalue weighted by Crippen LogP contribution is -2.46. The van der Waals surface area contributed by atoms with E-state index < -0.39 is 0 Å². The van der Waals surface area contributed by atoms with Gasteiger partial charge in [0, 0.05) is 18.8 Å². The average Bonchev–Trinajstić information content (AvgIpc) is 2.36. The Morgan fingerprint density at radius 1 is 1.37 bits per heavy atom. The van der Waals surface area contributed by atoms with Gasteiger partial charge in [0.1, 0.15) is 0 Å². The van der Waals surface area contributed by atoms with Crippen LogP contribution >= 0.6 is 0 Å². The second-order valence-corrected chi connectivity index (χ2v) is 4.93. The van der Waals surface area contributed by atoms with Gasteiger partial charge in [-0.2, -0.15) is 0 Å². The summed E-state index contributed by atoms with van der Waals surface area (Å²) in [6.07, 6.45) is 0.263. The van der Waals surface area contributed by atoms with Crippen LogP contribution in [-0.2, 0) is 9.47 Å². The summed E-state index contributed by atoms with van der Waals surface area (Å²) in [5.41, 5.74) is 7.66. The maximum atomic E-state index is 11.9. The maximum Gasteiger partial charge on any atom is 0.340 e. The van der Waals surface area contributed by atoms with Gasteiger partial charge >= 0.3 is 5.97 Å². The highest BCUT2D eigenvalue weighted by molar-refractivity contribution is 5.97. The number of benzene rings is 1. The van der Waals surface area contributed by atoms with Crippen LogP contribution < -0.4 is 10.6 Å². The Kier molecular flexibility index (Phi) is 3.95. The van der Waals surface area contributed by atoms with E-state index in [9.17, 15) is 4.79 Å². The minimum absolute atomic E-state index is 0.131. The number of methoxy groups -OCH3 is 1. The number of nitrogens with zero attached hydrogens (tertiary/aromatic N) is 1. The van der Waals surface area contributed by atoms with Gasteiger partial charge in [-0.25, -0.2) is 4.79 Å². The number of nitrogen functional groups attached to an aromatic ring is 1. The molecule has 1 aliphatic rings. The van der Waals surface area contributed by atoms with Crippen LogP contribution in [0.15, 0.2) is 18.2 Å². The van der Waals surface area contributed by atoms with Crippen LogP contribution in [0.2, 0.25) is 0 Å². The van der Waals surface area contributed by atoms with E-state index in [4.69, 9.17) is 15.2 Å². The lowest BCUT2D eigenvalue weighted by Gasteiger charge is -2.37. The Labute approximate surface area is 113 Å². The molecule has 2 unspecified atom stereocenters. The van der Waals surface area contributed by atoms with Gasteiger partial charge in [-0.15, -0.1) is 0 Å². The maximum absolute atomic E-state index is 11.9. The highest BCUT2D eigenvalue weighted by Gasteiger charge is 2.25. The monoisotopic (exact) mass is 264 g/mol. The first-order chi connectivity index (χ1) is 9.01. The van der Waals surface area contributed by atoms with Crippen LogP contribution in [0.1, 0.15) is 24.2 Å². The van der Waals surface area contributed by atoms with Gasteiger partial charge in [0.25, 0.3) is 0 Å². The van der Waals surface area contributed by atoms with Crippen molar-refractivity contribution in [1.29, 1.82) is 0 Å². The SMILES string of the molecule is COC(=O)c1cc(N)ccc1N1CC(C)OC(C)C1. The predicted molar refractivity (Wildman–Crippen MR) is 74.4 cm³/mol. The summed E-state index contributed by atoms with van der Waals surface area (Å²) in [4.78, 5) is 14.0. The van der Waals surface area contributed by atoms with E-state index in [1.165, 1.54) is 7.11 Å². The fourth-order valence-corrected chi connectivity index (χ4v) is 2.48. The van der Waals surface area contributed by atoms with Gasteiger partial charge in [0.05, 0.1) is 30.6 Å². The molecule has 5 nitrogen and oxygen atoms in total. The first-order valence-corrected chi connectivity index (χ1v) is 6.39. The fraction of sp³-hybridized carbons (Fsp3) is 0.500. The number of nitrogens with two attached hydrogens (primary N) is 1. The van der Waals surface area contributed by atoms with Crippen LogP contribution in [0.5, 0.6) is 0 Å². The van der Waals surface area contributed by atoms with Gasteiger partial charge in [0.2, 0.25) is 0 Å². The molecule has 1 fully saturated rings. The van der Waals surface area contributed by atoms with Crippen molar-refractivity contribution in [2.24, 2.45) is 0 Å². The first kappa shape index (κ1) is 13.7. The number of rotatable bonds is 2. The van der Waals surface area contributed by atoms with Crippen molar-refractivity contribution >= 4 is 17.3 Å². The molecule has 2 atom stereocenters. The van der Waals surface area contributed by atoms with Crippen molar-refractivity contribution in [3.05, 3.63) is 23.8 Å². The first-order valence-electron chi connectivity index (χ1n) is 6.39. The molecule has 1 heterocycles. The van der Waals surface area contributed by atoms with E-state index in [2.05, 4.69) is 4.90 Å². The quantitative estimate of drug-likeness (QED) is 0.650. The Morgan fingerprint density at radius 3 is 2.58 bits per heavy atom. The summed E-state index contributed by atoms with van der Waals surface area (Å²) in [6.45, 7) is 5.55. The van der Waals surface area contributed by atoms with Gasteiger partial charge in [0.15, 0.2) is 0 Å². The van der Waals surface area contributed by atoms with Crippen molar-refractivity contribution in [2.75, 3.05) is 30.8 Å². The number of hydrogen-bond acceptors (Lipinski definition) is 5. The molecule has 0 radical (unpaired) electrons. The molecule has 1 aliphatic heterocycles. The van der Waals surface area contributed by atoms with Crippen molar-refractivity contribution in [1.82, 2.24) is 0 Å². The summed E-state index contributed by atoms with van der Waals surface area (Å²) >= 11 is 0. The average molecular weight is 264 g/mol.